The predicted molar refractivity (Wildman–Crippen MR) is 66.2 cm³/mol. The van der Waals surface area contributed by atoms with Gasteiger partial charge in [-0.3, -0.25) is 0 Å². The van der Waals surface area contributed by atoms with Gasteiger partial charge in [-0.2, -0.15) is 0 Å². The van der Waals surface area contributed by atoms with E-state index in [1.165, 1.54) is 0 Å². The normalized spacial score (nSPS) is 21.2. The summed E-state index contributed by atoms with van der Waals surface area (Å²) < 4.78 is 28.2. The maximum Gasteiger partial charge on any atom is 0.233 e. The molecular formula is C11H21ClO3S. The van der Waals surface area contributed by atoms with Gasteiger partial charge in [-0.15, -0.1) is 0 Å². The Morgan fingerprint density at radius 3 is 2.12 bits per heavy atom. The van der Waals surface area contributed by atoms with E-state index in [1.54, 1.807) is 0 Å². The van der Waals surface area contributed by atoms with Crippen molar-refractivity contribution >= 4 is 19.7 Å². The quantitative estimate of drug-likeness (QED) is 0.737. The first-order valence-corrected chi connectivity index (χ1v) is 8.16. The highest BCUT2D eigenvalue weighted by atomic mass is 35.7. The maximum atomic E-state index is 11.2. The van der Waals surface area contributed by atoms with Gasteiger partial charge in [0.15, 0.2) is 0 Å². The molecule has 0 saturated heterocycles. The molecule has 0 unspecified atom stereocenters. The Morgan fingerprint density at radius 2 is 1.75 bits per heavy atom. The van der Waals surface area contributed by atoms with E-state index in [0.29, 0.717) is 6.61 Å². The molecule has 0 bridgehead atoms. The molecule has 96 valence electrons. The summed E-state index contributed by atoms with van der Waals surface area (Å²) in [5.74, 6) is 0.0393. The zero-order valence-electron chi connectivity index (χ0n) is 10.3. The number of hydrogen-bond acceptors (Lipinski definition) is 3. The van der Waals surface area contributed by atoms with E-state index in [2.05, 4.69) is 0 Å². The molecule has 0 spiro atoms. The Labute approximate surface area is 103 Å². The van der Waals surface area contributed by atoms with Crippen LogP contribution in [0.5, 0.6) is 0 Å². The number of ether oxygens (including phenoxy) is 1. The summed E-state index contributed by atoms with van der Waals surface area (Å²) in [4.78, 5) is 0. The standard InChI is InChI=1S/C11H21ClO3S/c1-10(2,3)15-8-11(6-4-5-7-11)9-16(12,13)14/h4-9H2,1-3H3. The number of rotatable bonds is 4. The minimum absolute atomic E-state index is 0.0393. The largest absolute Gasteiger partial charge is 0.375 e. The first-order chi connectivity index (χ1) is 7.12. The van der Waals surface area contributed by atoms with Crippen LogP contribution in [0.2, 0.25) is 0 Å². The third kappa shape index (κ3) is 5.02. The monoisotopic (exact) mass is 268 g/mol. The van der Waals surface area contributed by atoms with E-state index in [4.69, 9.17) is 15.4 Å². The van der Waals surface area contributed by atoms with E-state index < -0.39 is 9.05 Å². The molecule has 0 aliphatic heterocycles. The van der Waals surface area contributed by atoms with Crippen LogP contribution in [0.15, 0.2) is 0 Å². The lowest BCUT2D eigenvalue weighted by molar-refractivity contribution is -0.0448. The van der Waals surface area contributed by atoms with Crippen LogP contribution in [0.25, 0.3) is 0 Å². The van der Waals surface area contributed by atoms with Crippen LogP contribution in [0.4, 0.5) is 0 Å². The second-order valence-electron chi connectivity index (χ2n) is 5.79. The van der Waals surface area contributed by atoms with Crippen molar-refractivity contribution in [3.8, 4) is 0 Å². The van der Waals surface area contributed by atoms with Crippen LogP contribution in [-0.4, -0.2) is 26.4 Å². The van der Waals surface area contributed by atoms with Crippen molar-refractivity contribution in [2.24, 2.45) is 5.41 Å². The third-order valence-corrected chi connectivity index (χ3v) is 4.24. The van der Waals surface area contributed by atoms with Crippen LogP contribution in [0, 0.1) is 5.41 Å². The third-order valence-electron chi connectivity index (χ3n) is 2.95. The van der Waals surface area contributed by atoms with E-state index in [9.17, 15) is 8.42 Å². The molecule has 0 atom stereocenters. The van der Waals surface area contributed by atoms with E-state index >= 15 is 0 Å². The minimum atomic E-state index is -3.44. The predicted octanol–water partition coefficient (Wildman–Crippen LogP) is 2.93. The number of halogens is 1. The fourth-order valence-electron chi connectivity index (χ4n) is 2.19. The topological polar surface area (TPSA) is 43.4 Å². The molecule has 0 amide bonds. The van der Waals surface area contributed by atoms with Gasteiger partial charge in [-0.1, -0.05) is 12.8 Å². The fourth-order valence-corrected chi connectivity index (χ4v) is 3.99. The van der Waals surface area contributed by atoms with Gasteiger partial charge < -0.3 is 4.74 Å². The van der Waals surface area contributed by atoms with Gasteiger partial charge in [0, 0.05) is 16.1 Å². The molecule has 0 aromatic rings. The van der Waals surface area contributed by atoms with E-state index in [0.717, 1.165) is 25.7 Å². The summed E-state index contributed by atoms with van der Waals surface area (Å²) in [6.45, 7) is 6.42. The van der Waals surface area contributed by atoms with Crippen LogP contribution >= 0.6 is 10.7 Å². The number of hydrogen-bond donors (Lipinski definition) is 0. The lowest BCUT2D eigenvalue weighted by Crippen LogP contribution is -2.34. The zero-order valence-corrected chi connectivity index (χ0v) is 11.8. The summed E-state index contributed by atoms with van der Waals surface area (Å²) in [5, 5.41) is 0. The first-order valence-electron chi connectivity index (χ1n) is 5.68. The molecule has 3 nitrogen and oxygen atoms in total. The average Bonchev–Trinajstić information content (AvgIpc) is 2.46. The highest BCUT2D eigenvalue weighted by Gasteiger charge is 2.39. The highest BCUT2D eigenvalue weighted by Crippen LogP contribution is 2.40. The summed E-state index contributed by atoms with van der Waals surface area (Å²) >= 11 is 0. The summed E-state index contributed by atoms with van der Waals surface area (Å²) in [6, 6.07) is 0. The second kappa shape index (κ2) is 4.83. The molecule has 0 heterocycles. The molecule has 1 rings (SSSR count). The molecule has 1 aliphatic carbocycles. The van der Waals surface area contributed by atoms with Crippen molar-refractivity contribution in [1.82, 2.24) is 0 Å². The molecule has 0 N–H and O–H groups in total. The van der Waals surface area contributed by atoms with Crippen LogP contribution in [0.3, 0.4) is 0 Å². The highest BCUT2D eigenvalue weighted by molar-refractivity contribution is 8.13. The summed E-state index contributed by atoms with van der Waals surface area (Å²) in [5.41, 5.74) is -0.487. The second-order valence-corrected chi connectivity index (χ2v) is 8.57. The van der Waals surface area contributed by atoms with Gasteiger partial charge in [0.2, 0.25) is 9.05 Å². The molecule has 1 fully saturated rings. The molecule has 5 heteroatoms. The van der Waals surface area contributed by atoms with E-state index in [1.807, 2.05) is 20.8 Å². The average molecular weight is 269 g/mol. The smallest absolute Gasteiger partial charge is 0.233 e. The van der Waals surface area contributed by atoms with Crippen molar-refractivity contribution in [3.63, 3.8) is 0 Å². The minimum Gasteiger partial charge on any atom is -0.375 e. The van der Waals surface area contributed by atoms with Crippen molar-refractivity contribution in [3.05, 3.63) is 0 Å². The Hall–Kier alpha value is 0.200. The van der Waals surface area contributed by atoms with Gasteiger partial charge in [0.05, 0.1) is 18.0 Å². The molecule has 16 heavy (non-hydrogen) atoms. The van der Waals surface area contributed by atoms with Gasteiger partial charge >= 0.3 is 0 Å². The Morgan fingerprint density at radius 1 is 1.25 bits per heavy atom. The molecule has 0 aromatic carbocycles. The fraction of sp³-hybridized carbons (Fsp3) is 1.00. The lowest BCUT2D eigenvalue weighted by Gasteiger charge is -2.31. The molecule has 0 radical (unpaired) electrons. The van der Waals surface area contributed by atoms with Crippen molar-refractivity contribution in [2.75, 3.05) is 12.4 Å². The Kier molecular flexibility index (Phi) is 4.30. The zero-order chi connectivity index (χ0) is 12.4. The maximum absolute atomic E-state index is 11.2. The van der Waals surface area contributed by atoms with Crippen LogP contribution in [-0.2, 0) is 13.8 Å². The Bertz CT molecular complexity index is 324. The SMILES string of the molecule is CC(C)(C)OCC1(CS(=O)(=O)Cl)CCCC1. The van der Waals surface area contributed by atoms with Gasteiger partial charge in [-0.05, 0) is 33.6 Å². The lowest BCUT2D eigenvalue weighted by atomic mass is 9.89. The molecule has 0 aromatic heterocycles. The Balaban J connectivity index is 2.66. The van der Waals surface area contributed by atoms with Crippen LogP contribution < -0.4 is 0 Å². The van der Waals surface area contributed by atoms with Crippen molar-refractivity contribution in [1.29, 1.82) is 0 Å². The summed E-state index contributed by atoms with van der Waals surface area (Å²) in [6.07, 6.45) is 3.93. The van der Waals surface area contributed by atoms with Gasteiger partial charge in [0.25, 0.3) is 0 Å². The first kappa shape index (κ1) is 14.3. The molecular weight excluding hydrogens is 248 g/mol. The van der Waals surface area contributed by atoms with E-state index in [-0.39, 0.29) is 16.8 Å². The van der Waals surface area contributed by atoms with Crippen LogP contribution in [0.1, 0.15) is 46.5 Å². The summed E-state index contributed by atoms with van der Waals surface area (Å²) in [7, 11) is 1.93. The van der Waals surface area contributed by atoms with Gasteiger partial charge in [-0.25, -0.2) is 8.42 Å². The van der Waals surface area contributed by atoms with Gasteiger partial charge in [0.1, 0.15) is 0 Å². The molecule has 1 aliphatic rings. The molecule has 1 saturated carbocycles. The van der Waals surface area contributed by atoms with Crippen molar-refractivity contribution in [2.45, 2.75) is 52.1 Å². The van der Waals surface area contributed by atoms with Crippen molar-refractivity contribution < 1.29 is 13.2 Å².